The molecule has 6 aromatic rings. The van der Waals surface area contributed by atoms with Gasteiger partial charge in [0.2, 0.25) is 0 Å². The van der Waals surface area contributed by atoms with E-state index in [1.807, 2.05) is 41.5 Å². The lowest BCUT2D eigenvalue weighted by Gasteiger charge is -2.15. The molecule has 6 rings (SSSR count). The summed E-state index contributed by atoms with van der Waals surface area (Å²) >= 11 is 5.72. The van der Waals surface area contributed by atoms with Crippen molar-refractivity contribution in [3.63, 3.8) is 0 Å². The Labute approximate surface area is 343 Å². The fraction of sp³-hybridized carbons (Fsp3) is 0.314. The molecule has 0 aliphatic rings. The minimum absolute atomic E-state index is 0.113. The first-order valence-electron chi connectivity index (χ1n) is 17.2. The van der Waals surface area contributed by atoms with Gasteiger partial charge in [-0.3, -0.25) is 0 Å². The van der Waals surface area contributed by atoms with E-state index < -0.39 is 22.8 Å². The van der Waals surface area contributed by atoms with Crippen LogP contribution in [0.3, 0.4) is 0 Å². The number of nitrogens with zero attached hydrogens (tertiary/aromatic N) is 12. The summed E-state index contributed by atoms with van der Waals surface area (Å²) in [7, 11) is 0. The Balaban J connectivity index is 1.04. The molecule has 0 saturated heterocycles. The Morgan fingerprint density at radius 3 is 1.44 bits per heavy atom. The molecule has 4 heterocycles. The van der Waals surface area contributed by atoms with E-state index in [1.165, 1.54) is 56.3 Å². The molecule has 0 unspecified atom stereocenters. The number of nitrogen functional groups attached to an aromatic ring is 2. The first kappa shape index (κ1) is 41.1. The van der Waals surface area contributed by atoms with Crippen LogP contribution >= 0.6 is 46.2 Å². The van der Waals surface area contributed by atoms with Crippen LogP contribution in [0.2, 0.25) is 0 Å². The molecule has 0 saturated carbocycles. The summed E-state index contributed by atoms with van der Waals surface area (Å²) in [5, 5.41) is 63.2. The fourth-order valence-corrected chi connectivity index (χ4v) is 8.68. The molecule has 6 N–H and O–H groups in total. The van der Waals surface area contributed by atoms with E-state index in [4.69, 9.17) is 11.5 Å². The predicted octanol–water partition coefficient (Wildman–Crippen LogP) is 9.02. The van der Waals surface area contributed by atoms with Crippen LogP contribution in [0.4, 0.5) is 33.3 Å². The number of carboxylic acid groups (broad SMARTS) is 2. The number of aromatic nitrogens is 8. The second-order valence-electron chi connectivity index (χ2n) is 14.4. The lowest BCUT2D eigenvalue weighted by molar-refractivity contribution is 0.0686. The van der Waals surface area contributed by atoms with E-state index in [-0.39, 0.29) is 22.8 Å². The SMILES string of the molecule is CC(C)(C)c1nn(-c2cccc(C(=O)O)c2)c(N)c1N=Nc1nnc(SCCCSc2nnc(N=Nc3c(C(C)(C)C)nn(-c4cccc(C(=O)O)c4)c3N)s2)s1. The smallest absolute Gasteiger partial charge is 0.335 e. The third kappa shape index (κ3) is 9.70. The maximum Gasteiger partial charge on any atom is 0.335 e. The van der Waals surface area contributed by atoms with Crippen molar-refractivity contribution < 1.29 is 19.8 Å². The summed E-state index contributed by atoms with van der Waals surface area (Å²) in [4.78, 5) is 23.1. The van der Waals surface area contributed by atoms with Crippen LogP contribution in [0.5, 0.6) is 0 Å². The molecule has 2 aromatic carbocycles. The number of carboxylic acids is 2. The van der Waals surface area contributed by atoms with Gasteiger partial charge in [-0.2, -0.15) is 10.2 Å². The number of nitrogens with two attached hydrogens (primary N) is 2. The molecular weight excluding hydrogens is 809 g/mol. The highest BCUT2D eigenvalue weighted by atomic mass is 32.2. The average Bonchev–Trinajstić information content (AvgIpc) is 3.95. The molecule has 57 heavy (non-hydrogen) atoms. The quantitative estimate of drug-likeness (QED) is 0.0453. The normalized spacial score (nSPS) is 12.3. The van der Waals surface area contributed by atoms with Gasteiger partial charge in [-0.1, -0.05) is 99.9 Å². The Hall–Kier alpha value is -5.58. The number of carbonyl (C=O) groups is 2. The lowest BCUT2D eigenvalue weighted by Crippen LogP contribution is -2.13. The van der Waals surface area contributed by atoms with Crippen molar-refractivity contribution in [2.24, 2.45) is 20.5 Å². The van der Waals surface area contributed by atoms with Gasteiger partial charge in [0.05, 0.1) is 33.9 Å². The van der Waals surface area contributed by atoms with Gasteiger partial charge in [-0.15, -0.1) is 40.9 Å². The average molecular weight is 847 g/mol. The highest BCUT2D eigenvalue weighted by Crippen LogP contribution is 2.40. The first-order chi connectivity index (χ1) is 27.0. The van der Waals surface area contributed by atoms with Crippen LogP contribution in [0, 0.1) is 0 Å². The molecule has 0 spiro atoms. The van der Waals surface area contributed by atoms with E-state index in [0.717, 1.165) is 26.6 Å². The van der Waals surface area contributed by atoms with Gasteiger partial charge < -0.3 is 21.7 Å². The van der Waals surface area contributed by atoms with Crippen LogP contribution in [-0.4, -0.2) is 73.6 Å². The predicted molar refractivity (Wildman–Crippen MR) is 222 cm³/mol. The van der Waals surface area contributed by atoms with E-state index in [9.17, 15) is 19.8 Å². The molecule has 0 aliphatic carbocycles. The van der Waals surface area contributed by atoms with E-state index in [0.29, 0.717) is 44.4 Å². The van der Waals surface area contributed by atoms with Crippen molar-refractivity contribution in [2.45, 2.75) is 67.5 Å². The Kier molecular flexibility index (Phi) is 12.2. The zero-order chi connectivity index (χ0) is 41.1. The molecule has 0 amide bonds. The molecule has 296 valence electrons. The summed E-state index contributed by atoms with van der Waals surface area (Å²) < 4.78 is 4.42. The topological polar surface area (TPSA) is 263 Å². The third-order valence-corrected chi connectivity index (χ3v) is 11.9. The number of aromatic carboxylic acids is 2. The molecule has 0 aliphatic heterocycles. The molecule has 0 fully saturated rings. The monoisotopic (exact) mass is 846 g/mol. The van der Waals surface area contributed by atoms with E-state index >= 15 is 0 Å². The van der Waals surface area contributed by atoms with Gasteiger partial charge in [0, 0.05) is 22.3 Å². The van der Waals surface area contributed by atoms with E-state index in [1.54, 1.807) is 47.8 Å². The Bertz CT molecular complexity index is 2320. The highest BCUT2D eigenvalue weighted by Gasteiger charge is 2.28. The maximum atomic E-state index is 11.5. The largest absolute Gasteiger partial charge is 0.478 e. The summed E-state index contributed by atoms with van der Waals surface area (Å²) in [6.07, 6.45) is 0.851. The Morgan fingerprint density at radius 1 is 0.667 bits per heavy atom. The number of anilines is 2. The minimum Gasteiger partial charge on any atom is -0.478 e. The molecule has 0 bridgehead atoms. The van der Waals surface area contributed by atoms with Gasteiger partial charge in [0.15, 0.2) is 31.7 Å². The van der Waals surface area contributed by atoms with Crippen molar-refractivity contribution >= 4 is 91.4 Å². The minimum atomic E-state index is -1.05. The van der Waals surface area contributed by atoms with Crippen LogP contribution in [0.25, 0.3) is 11.4 Å². The molecule has 4 aromatic heterocycles. The summed E-state index contributed by atoms with van der Waals surface area (Å²) in [5.74, 6) is -0.0984. The van der Waals surface area contributed by atoms with Gasteiger partial charge >= 0.3 is 11.9 Å². The Morgan fingerprint density at radius 2 is 1.07 bits per heavy atom. The maximum absolute atomic E-state index is 11.5. The van der Waals surface area contributed by atoms with Crippen molar-refractivity contribution in [3.05, 3.63) is 71.0 Å². The standard InChI is InChI=1S/C35H38N14O4S4/c1-34(2,3)24-22(26(36)48(46-24)20-12-7-10-18(16-20)28(50)51)38-40-30-42-44-32(56-30)54-14-9-15-55-33-45-43-31(57-33)41-39-23-25(35(4,5)6)47-49(27(23)37)21-13-8-11-19(17-21)29(52)53/h7-8,10-13,16-17H,9,14-15,36-37H2,1-6H3,(H,50,51)(H,52,53). The molecule has 22 heteroatoms. The second-order valence-corrected chi connectivity index (χ2v) is 18.9. The van der Waals surface area contributed by atoms with Gasteiger partial charge in [-0.05, 0) is 42.8 Å². The number of hydrogen-bond donors (Lipinski definition) is 4. The first-order valence-corrected chi connectivity index (χ1v) is 20.8. The molecule has 0 radical (unpaired) electrons. The van der Waals surface area contributed by atoms with Gasteiger partial charge in [0.1, 0.15) is 0 Å². The lowest BCUT2D eigenvalue weighted by atomic mass is 9.91. The van der Waals surface area contributed by atoms with Crippen LogP contribution in [-0.2, 0) is 10.8 Å². The van der Waals surface area contributed by atoms with Crippen LogP contribution in [0.15, 0.2) is 77.7 Å². The van der Waals surface area contributed by atoms with Crippen molar-refractivity contribution in [1.82, 2.24) is 40.0 Å². The van der Waals surface area contributed by atoms with Gasteiger partial charge in [0.25, 0.3) is 10.3 Å². The van der Waals surface area contributed by atoms with E-state index in [2.05, 4.69) is 51.0 Å². The number of rotatable bonds is 14. The third-order valence-electron chi connectivity index (χ3n) is 7.89. The van der Waals surface area contributed by atoms with Crippen molar-refractivity contribution in [2.75, 3.05) is 23.0 Å². The van der Waals surface area contributed by atoms with Gasteiger partial charge in [-0.25, -0.2) is 19.0 Å². The number of hydrogen-bond acceptors (Lipinski definition) is 18. The van der Waals surface area contributed by atoms with Crippen molar-refractivity contribution in [3.8, 4) is 11.4 Å². The highest BCUT2D eigenvalue weighted by molar-refractivity contribution is 8.01. The zero-order valence-corrected chi connectivity index (χ0v) is 34.9. The van der Waals surface area contributed by atoms with Crippen LogP contribution in [0.1, 0.15) is 80.1 Å². The number of benzene rings is 2. The fourth-order valence-electron chi connectivity index (χ4n) is 5.15. The number of azo groups is 2. The summed E-state index contributed by atoms with van der Waals surface area (Å²) in [5.41, 5.74) is 15.3. The number of thioether (sulfide) groups is 2. The van der Waals surface area contributed by atoms with Crippen molar-refractivity contribution in [1.29, 1.82) is 0 Å². The molecule has 0 atom stereocenters. The molecule has 18 nitrogen and oxygen atoms in total. The zero-order valence-electron chi connectivity index (χ0n) is 31.6. The summed E-state index contributed by atoms with van der Waals surface area (Å²) in [6, 6.07) is 12.7. The molecular formula is C35H38N14O4S4. The second kappa shape index (κ2) is 16.9. The summed E-state index contributed by atoms with van der Waals surface area (Å²) in [6.45, 7) is 11.9. The van der Waals surface area contributed by atoms with Crippen LogP contribution < -0.4 is 11.5 Å².